The van der Waals surface area contributed by atoms with Crippen LogP contribution < -0.4 is 5.73 Å². The van der Waals surface area contributed by atoms with E-state index in [0.29, 0.717) is 5.92 Å². The zero-order chi connectivity index (χ0) is 13.6. The van der Waals surface area contributed by atoms with Gasteiger partial charge in [-0.1, -0.05) is 24.6 Å². The zero-order valence-corrected chi connectivity index (χ0v) is 11.9. The van der Waals surface area contributed by atoms with Gasteiger partial charge in [0.1, 0.15) is 5.82 Å². The van der Waals surface area contributed by atoms with E-state index in [1.807, 2.05) is 0 Å². The van der Waals surface area contributed by atoms with Gasteiger partial charge in [-0.05, 0) is 31.9 Å². The Morgan fingerprint density at radius 2 is 2.11 bits per heavy atom. The van der Waals surface area contributed by atoms with E-state index in [1.54, 1.807) is 0 Å². The molecule has 0 saturated carbocycles. The highest BCUT2D eigenvalue weighted by molar-refractivity contribution is 5.64. The van der Waals surface area contributed by atoms with Crippen LogP contribution in [0.15, 0.2) is 24.4 Å². The molecule has 1 aliphatic rings. The first-order valence-electron chi connectivity index (χ1n) is 6.95. The summed E-state index contributed by atoms with van der Waals surface area (Å²) in [5, 5.41) is 0. The number of hydrogen-bond donors (Lipinski definition) is 1. The van der Waals surface area contributed by atoms with Crippen molar-refractivity contribution < 1.29 is 0 Å². The number of rotatable bonds is 1. The molecular weight excluding hydrogens is 234 g/mol. The van der Waals surface area contributed by atoms with E-state index in [4.69, 9.17) is 10.7 Å². The van der Waals surface area contributed by atoms with Crippen molar-refractivity contribution in [1.82, 2.24) is 9.55 Å². The molecule has 2 heterocycles. The molecule has 0 fully saturated rings. The quantitative estimate of drug-likeness (QED) is 0.851. The van der Waals surface area contributed by atoms with Crippen LogP contribution in [-0.4, -0.2) is 15.6 Å². The third-order valence-corrected chi connectivity index (χ3v) is 4.00. The Labute approximate surface area is 114 Å². The molecular formula is C16H21N3. The fourth-order valence-corrected chi connectivity index (χ4v) is 3.00. The second-order valence-electron chi connectivity index (χ2n) is 5.85. The normalized spacial score (nSPS) is 22.3. The number of benzene rings is 1. The highest BCUT2D eigenvalue weighted by Crippen LogP contribution is 2.30. The molecule has 1 aromatic heterocycles. The van der Waals surface area contributed by atoms with Gasteiger partial charge in [0.25, 0.3) is 0 Å². The molecule has 2 N–H and O–H groups in total. The second kappa shape index (κ2) is 4.49. The number of nitrogens with zero attached hydrogens (tertiary/aromatic N) is 2. The van der Waals surface area contributed by atoms with Gasteiger partial charge in [0.05, 0.1) is 5.69 Å². The minimum Gasteiger partial charge on any atom is -0.332 e. The largest absolute Gasteiger partial charge is 0.332 e. The highest BCUT2D eigenvalue weighted by atomic mass is 15.1. The van der Waals surface area contributed by atoms with Crippen molar-refractivity contribution >= 4 is 0 Å². The summed E-state index contributed by atoms with van der Waals surface area (Å²) in [7, 11) is 0. The number of hydrogen-bond acceptors (Lipinski definition) is 2. The Balaban J connectivity index is 2.08. The van der Waals surface area contributed by atoms with Crippen molar-refractivity contribution in [3.8, 4) is 11.3 Å². The fourth-order valence-electron chi connectivity index (χ4n) is 3.00. The van der Waals surface area contributed by atoms with Crippen LogP contribution in [0.2, 0.25) is 0 Å². The summed E-state index contributed by atoms with van der Waals surface area (Å²) in [5.74, 6) is 1.63. The Morgan fingerprint density at radius 1 is 1.32 bits per heavy atom. The molecule has 0 amide bonds. The maximum atomic E-state index is 6.09. The summed E-state index contributed by atoms with van der Waals surface area (Å²) in [6.07, 6.45) is 3.19. The molecule has 3 heteroatoms. The van der Waals surface area contributed by atoms with E-state index in [9.17, 15) is 0 Å². The average molecular weight is 255 g/mol. The Bertz CT molecular complexity index is 612. The summed E-state index contributed by atoms with van der Waals surface area (Å²) < 4.78 is 2.23. The molecule has 1 aromatic carbocycles. The van der Waals surface area contributed by atoms with Gasteiger partial charge in [0.2, 0.25) is 0 Å². The van der Waals surface area contributed by atoms with Crippen molar-refractivity contribution in [2.75, 3.05) is 0 Å². The molecule has 1 aliphatic heterocycles. The van der Waals surface area contributed by atoms with E-state index in [2.05, 4.69) is 49.7 Å². The van der Waals surface area contributed by atoms with E-state index in [-0.39, 0.29) is 6.04 Å². The highest BCUT2D eigenvalue weighted by Gasteiger charge is 2.24. The number of fused-ring (bicyclic) bond motifs is 1. The molecule has 0 bridgehead atoms. The van der Waals surface area contributed by atoms with Crippen LogP contribution in [0.3, 0.4) is 0 Å². The maximum absolute atomic E-state index is 6.09. The first kappa shape index (κ1) is 12.4. The number of nitrogens with two attached hydrogens (primary N) is 1. The molecule has 0 aliphatic carbocycles. The van der Waals surface area contributed by atoms with Crippen molar-refractivity contribution in [2.24, 2.45) is 5.73 Å². The first-order chi connectivity index (χ1) is 9.04. The predicted octanol–water partition coefficient (Wildman–Crippen LogP) is 3.00. The van der Waals surface area contributed by atoms with Crippen LogP contribution in [0.1, 0.15) is 36.2 Å². The number of aryl methyl sites for hydroxylation is 2. The standard InChI is InChI=1S/C16H21N3/c1-10-4-5-11(2)14(6-10)15-9-19-8-13(17)7-12(3)16(19)18-15/h4-6,9,12-13H,7-8,17H2,1-3H3. The topological polar surface area (TPSA) is 43.8 Å². The van der Waals surface area contributed by atoms with Crippen molar-refractivity contribution in [1.29, 1.82) is 0 Å². The van der Waals surface area contributed by atoms with Crippen molar-refractivity contribution in [3.05, 3.63) is 41.3 Å². The fraction of sp³-hybridized carbons (Fsp3) is 0.438. The van der Waals surface area contributed by atoms with E-state index in [1.165, 1.54) is 22.5 Å². The molecule has 2 unspecified atom stereocenters. The van der Waals surface area contributed by atoms with Crippen molar-refractivity contribution in [3.63, 3.8) is 0 Å². The van der Waals surface area contributed by atoms with Gasteiger partial charge >= 0.3 is 0 Å². The van der Waals surface area contributed by atoms with Gasteiger partial charge in [-0.3, -0.25) is 0 Å². The lowest BCUT2D eigenvalue weighted by Crippen LogP contribution is -2.33. The Hall–Kier alpha value is -1.61. The minimum atomic E-state index is 0.253. The molecule has 3 rings (SSSR count). The molecule has 100 valence electrons. The lowest BCUT2D eigenvalue weighted by molar-refractivity contribution is 0.407. The van der Waals surface area contributed by atoms with Gasteiger partial charge < -0.3 is 10.3 Å². The monoisotopic (exact) mass is 255 g/mol. The summed E-state index contributed by atoms with van der Waals surface area (Å²) >= 11 is 0. The lowest BCUT2D eigenvalue weighted by atomic mass is 9.98. The van der Waals surface area contributed by atoms with Crippen LogP contribution in [0.4, 0.5) is 0 Å². The Morgan fingerprint density at radius 3 is 2.89 bits per heavy atom. The molecule has 3 nitrogen and oxygen atoms in total. The molecule has 0 spiro atoms. The van der Waals surface area contributed by atoms with Crippen LogP contribution in [0.25, 0.3) is 11.3 Å². The molecule has 0 saturated heterocycles. The number of imidazole rings is 1. The third kappa shape index (κ3) is 2.19. The second-order valence-corrected chi connectivity index (χ2v) is 5.85. The van der Waals surface area contributed by atoms with Crippen LogP contribution in [-0.2, 0) is 6.54 Å². The van der Waals surface area contributed by atoms with Gasteiger partial charge in [0, 0.05) is 30.3 Å². The lowest BCUT2D eigenvalue weighted by Gasteiger charge is -2.25. The molecule has 2 atom stereocenters. The summed E-state index contributed by atoms with van der Waals surface area (Å²) in [5.41, 5.74) is 11.0. The zero-order valence-electron chi connectivity index (χ0n) is 11.9. The summed E-state index contributed by atoms with van der Waals surface area (Å²) in [6, 6.07) is 6.78. The van der Waals surface area contributed by atoms with Crippen LogP contribution in [0.5, 0.6) is 0 Å². The van der Waals surface area contributed by atoms with Gasteiger partial charge in [-0.25, -0.2) is 4.98 Å². The van der Waals surface area contributed by atoms with Crippen molar-refractivity contribution in [2.45, 2.75) is 45.7 Å². The smallest absolute Gasteiger partial charge is 0.112 e. The Kier molecular flexibility index (Phi) is 2.94. The summed E-state index contributed by atoms with van der Waals surface area (Å²) in [6.45, 7) is 7.36. The van der Waals surface area contributed by atoms with Crippen LogP contribution in [0, 0.1) is 13.8 Å². The predicted molar refractivity (Wildman–Crippen MR) is 78.1 cm³/mol. The van der Waals surface area contributed by atoms with E-state index in [0.717, 1.165) is 18.7 Å². The van der Waals surface area contributed by atoms with E-state index < -0.39 is 0 Å². The first-order valence-corrected chi connectivity index (χ1v) is 6.95. The third-order valence-electron chi connectivity index (χ3n) is 4.00. The molecule has 19 heavy (non-hydrogen) atoms. The molecule has 0 radical (unpaired) electrons. The van der Waals surface area contributed by atoms with Gasteiger partial charge in [-0.15, -0.1) is 0 Å². The summed E-state index contributed by atoms with van der Waals surface area (Å²) in [4.78, 5) is 4.85. The SMILES string of the molecule is Cc1ccc(C)c(-c2cn3c(n2)C(C)CC(N)C3)c1. The minimum absolute atomic E-state index is 0.253. The van der Waals surface area contributed by atoms with Crippen LogP contribution >= 0.6 is 0 Å². The van der Waals surface area contributed by atoms with E-state index >= 15 is 0 Å². The maximum Gasteiger partial charge on any atom is 0.112 e. The average Bonchev–Trinajstić information content (AvgIpc) is 2.76. The number of aromatic nitrogens is 2. The molecule has 2 aromatic rings. The van der Waals surface area contributed by atoms with Gasteiger partial charge in [0.15, 0.2) is 0 Å². The van der Waals surface area contributed by atoms with Gasteiger partial charge in [-0.2, -0.15) is 0 Å².